The molecule has 6 aromatic rings. The van der Waals surface area contributed by atoms with Crippen LogP contribution in [0.25, 0.3) is 38.5 Å². The SMILES string of the molecule is CCCCc1nc2ccn(-c3cccs3)c(=O)c2n1Cc1ccc(-c2ccccc2-c2nn[nH]n2)cc1. The van der Waals surface area contributed by atoms with Gasteiger partial charge >= 0.3 is 0 Å². The fourth-order valence-corrected chi connectivity index (χ4v) is 5.35. The van der Waals surface area contributed by atoms with E-state index in [9.17, 15) is 4.79 Å². The third-order valence-electron chi connectivity index (χ3n) is 6.49. The number of fused-ring (bicyclic) bond motifs is 1. The summed E-state index contributed by atoms with van der Waals surface area (Å²) >= 11 is 1.55. The molecule has 0 aliphatic rings. The summed E-state index contributed by atoms with van der Waals surface area (Å²) < 4.78 is 3.81. The number of unbranched alkanes of at least 4 members (excludes halogenated alkanes) is 1. The van der Waals surface area contributed by atoms with Crippen molar-refractivity contribution in [2.45, 2.75) is 32.7 Å². The van der Waals surface area contributed by atoms with Crippen LogP contribution >= 0.6 is 11.3 Å². The molecule has 0 fully saturated rings. The lowest BCUT2D eigenvalue weighted by atomic mass is 9.98. The minimum atomic E-state index is -0.0409. The van der Waals surface area contributed by atoms with E-state index < -0.39 is 0 Å². The summed E-state index contributed by atoms with van der Waals surface area (Å²) in [7, 11) is 0. The predicted molar refractivity (Wildman–Crippen MR) is 146 cm³/mol. The zero-order valence-corrected chi connectivity index (χ0v) is 21.2. The van der Waals surface area contributed by atoms with E-state index in [4.69, 9.17) is 4.98 Å². The van der Waals surface area contributed by atoms with Crippen molar-refractivity contribution < 1.29 is 0 Å². The molecule has 37 heavy (non-hydrogen) atoms. The molecule has 0 bridgehead atoms. The number of thiophene rings is 1. The molecule has 0 radical (unpaired) electrons. The van der Waals surface area contributed by atoms with E-state index in [2.05, 4.69) is 62.4 Å². The maximum atomic E-state index is 13.6. The molecule has 0 amide bonds. The summed E-state index contributed by atoms with van der Waals surface area (Å²) in [6.07, 6.45) is 4.75. The summed E-state index contributed by atoms with van der Waals surface area (Å²) in [4.78, 5) is 18.5. The topological polar surface area (TPSA) is 94.3 Å². The summed E-state index contributed by atoms with van der Waals surface area (Å²) in [5, 5.41) is 17.4. The maximum Gasteiger partial charge on any atom is 0.281 e. The van der Waals surface area contributed by atoms with Crippen LogP contribution in [0.4, 0.5) is 0 Å². The van der Waals surface area contributed by atoms with Crippen molar-refractivity contribution in [1.82, 2.24) is 34.7 Å². The lowest BCUT2D eigenvalue weighted by Gasteiger charge is -2.12. The van der Waals surface area contributed by atoms with Crippen molar-refractivity contribution in [3.8, 4) is 27.5 Å². The van der Waals surface area contributed by atoms with Gasteiger partial charge in [-0.3, -0.25) is 9.36 Å². The van der Waals surface area contributed by atoms with Crippen molar-refractivity contribution in [3.05, 3.63) is 100 Å². The number of hydrogen-bond acceptors (Lipinski definition) is 6. The Bertz CT molecular complexity index is 1700. The highest BCUT2D eigenvalue weighted by atomic mass is 32.1. The first-order valence-electron chi connectivity index (χ1n) is 12.3. The normalized spacial score (nSPS) is 11.4. The first-order valence-corrected chi connectivity index (χ1v) is 13.2. The lowest BCUT2D eigenvalue weighted by Crippen LogP contribution is -2.20. The molecule has 4 heterocycles. The van der Waals surface area contributed by atoms with Crippen LogP contribution in [0.2, 0.25) is 0 Å². The van der Waals surface area contributed by atoms with Gasteiger partial charge in [0.05, 0.1) is 5.52 Å². The summed E-state index contributed by atoms with van der Waals surface area (Å²) in [6.45, 7) is 2.74. The number of H-pyrrole nitrogens is 1. The molecule has 184 valence electrons. The summed E-state index contributed by atoms with van der Waals surface area (Å²) in [6, 6.07) is 22.3. The molecule has 0 aliphatic carbocycles. The van der Waals surface area contributed by atoms with Crippen molar-refractivity contribution in [2.75, 3.05) is 0 Å². The molecule has 0 atom stereocenters. The molecule has 2 aromatic carbocycles. The second-order valence-corrected chi connectivity index (χ2v) is 9.80. The van der Waals surface area contributed by atoms with Gasteiger partial charge in [-0.1, -0.05) is 61.9 Å². The Morgan fingerprint density at radius 1 is 0.973 bits per heavy atom. The Morgan fingerprint density at radius 3 is 2.54 bits per heavy atom. The molecule has 1 N–H and O–H groups in total. The van der Waals surface area contributed by atoms with Gasteiger partial charge in [-0.25, -0.2) is 4.98 Å². The van der Waals surface area contributed by atoms with Crippen LogP contribution < -0.4 is 5.56 Å². The van der Waals surface area contributed by atoms with E-state index in [1.165, 1.54) is 0 Å². The van der Waals surface area contributed by atoms with Gasteiger partial charge in [0.25, 0.3) is 5.56 Å². The Kier molecular flexibility index (Phi) is 6.20. The zero-order valence-electron chi connectivity index (χ0n) is 20.3. The second kappa shape index (κ2) is 9.94. The number of aromatic nitrogens is 7. The van der Waals surface area contributed by atoms with Crippen LogP contribution in [0, 0.1) is 0 Å². The summed E-state index contributed by atoms with van der Waals surface area (Å²) in [5.41, 5.74) is 5.46. The Balaban J connectivity index is 1.39. The van der Waals surface area contributed by atoms with E-state index in [0.29, 0.717) is 17.9 Å². The smallest absolute Gasteiger partial charge is 0.281 e. The number of nitrogens with one attached hydrogen (secondary N) is 1. The minimum absolute atomic E-state index is 0.0409. The van der Waals surface area contributed by atoms with Crippen molar-refractivity contribution >= 4 is 22.4 Å². The molecule has 6 rings (SSSR count). The lowest BCUT2D eigenvalue weighted by molar-refractivity contribution is 0.688. The van der Waals surface area contributed by atoms with E-state index in [-0.39, 0.29) is 5.56 Å². The van der Waals surface area contributed by atoms with Gasteiger partial charge in [0, 0.05) is 24.7 Å². The number of pyridine rings is 1. The molecule has 0 aliphatic heterocycles. The Morgan fingerprint density at radius 2 is 1.81 bits per heavy atom. The fourth-order valence-electron chi connectivity index (χ4n) is 4.64. The predicted octanol–water partition coefficient (Wildman–Crippen LogP) is 5.49. The monoisotopic (exact) mass is 507 g/mol. The molecular weight excluding hydrogens is 482 g/mol. The quantitative estimate of drug-likeness (QED) is 0.294. The van der Waals surface area contributed by atoms with Crippen LogP contribution in [0.15, 0.2) is 83.1 Å². The molecule has 0 saturated carbocycles. The third kappa shape index (κ3) is 4.38. The van der Waals surface area contributed by atoms with Gasteiger partial charge in [-0.15, -0.1) is 21.5 Å². The van der Waals surface area contributed by atoms with Crippen LogP contribution in [-0.4, -0.2) is 34.7 Å². The highest BCUT2D eigenvalue weighted by Crippen LogP contribution is 2.30. The van der Waals surface area contributed by atoms with Gasteiger partial charge in [0.15, 0.2) is 0 Å². The molecule has 4 aromatic heterocycles. The molecule has 0 saturated heterocycles. The van der Waals surface area contributed by atoms with E-state index in [0.717, 1.165) is 57.9 Å². The Labute approximate surface area is 217 Å². The molecule has 9 heteroatoms. The number of hydrogen-bond donors (Lipinski definition) is 1. The molecule has 8 nitrogen and oxygen atoms in total. The number of tetrazole rings is 1. The second-order valence-electron chi connectivity index (χ2n) is 8.87. The number of imidazole rings is 1. The van der Waals surface area contributed by atoms with E-state index >= 15 is 0 Å². The largest absolute Gasteiger partial charge is 0.319 e. The maximum absolute atomic E-state index is 13.6. The highest BCUT2D eigenvalue weighted by Gasteiger charge is 2.17. The van der Waals surface area contributed by atoms with E-state index in [1.54, 1.807) is 15.9 Å². The molecule has 0 spiro atoms. The highest BCUT2D eigenvalue weighted by molar-refractivity contribution is 7.12. The number of aromatic amines is 1. The third-order valence-corrected chi connectivity index (χ3v) is 7.36. The van der Waals surface area contributed by atoms with Gasteiger partial charge in [0.2, 0.25) is 5.82 Å². The molecule has 0 unspecified atom stereocenters. The number of aryl methyl sites for hydroxylation is 1. The average molecular weight is 508 g/mol. The van der Waals surface area contributed by atoms with Gasteiger partial charge < -0.3 is 4.57 Å². The van der Waals surface area contributed by atoms with E-state index in [1.807, 2.05) is 48.0 Å². The van der Waals surface area contributed by atoms with Gasteiger partial charge in [-0.2, -0.15) is 5.21 Å². The van der Waals surface area contributed by atoms with Gasteiger partial charge in [-0.05, 0) is 51.9 Å². The summed E-state index contributed by atoms with van der Waals surface area (Å²) in [5.74, 6) is 1.51. The van der Waals surface area contributed by atoms with Crippen molar-refractivity contribution in [1.29, 1.82) is 0 Å². The Hall–Kier alpha value is -4.37. The van der Waals surface area contributed by atoms with Gasteiger partial charge in [0.1, 0.15) is 16.3 Å². The van der Waals surface area contributed by atoms with Crippen molar-refractivity contribution in [2.24, 2.45) is 0 Å². The first kappa shape index (κ1) is 23.1. The average Bonchev–Trinajstić information content (AvgIpc) is 3.71. The number of rotatable bonds is 8. The van der Waals surface area contributed by atoms with Crippen molar-refractivity contribution in [3.63, 3.8) is 0 Å². The molecular formula is C28H25N7OS. The zero-order chi connectivity index (χ0) is 25.2. The van der Waals surface area contributed by atoms with Crippen LogP contribution in [0.5, 0.6) is 0 Å². The minimum Gasteiger partial charge on any atom is -0.319 e. The van der Waals surface area contributed by atoms with Crippen LogP contribution in [0.1, 0.15) is 31.2 Å². The first-order chi connectivity index (χ1) is 18.2. The number of benzene rings is 2. The fraction of sp³-hybridized carbons (Fsp3) is 0.179. The van der Waals surface area contributed by atoms with Crippen LogP contribution in [-0.2, 0) is 13.0 Å². The van der Waals surface area contributed by atoms with Crippen LogP contribution in [0.3, 0.4) is 0 Å². The number of nitrogens with zero attached hydrogens (tertiary/aromatic N) is 6. The standard InChI is InChI=1S/C28H25N7OS/c1-2-3-9-24-29-23-15-16-34(25-10-6-17-37-25)28(36)26(23)35(24)18-19-11-13-20(14-12-19)21-7-4-5-8-22(21)27-30-32-33-31-27/h4-8,10-17H,2-3,9,18H2,1H3,(H,30,31,32,33).